The molecule has 1 amide bonds. The van der Waals surface area contributed by atoms with Crippen LogP contribution in [0.4, 0.5) is 5.82 Å². The van der Waals surface area contributed by atoms with Crippen LogP contribution >= 0.6 is 0 Å². The van der Waals surface area contributed by atoms with Gasteiger partial charge in [-0.05, 0) is 24.3 Å². The predicted molar refractivity (Wildman–Crippen MR) is 79.6 cm³/mol. The number of carbonyl (C=O) groups excluding carboxylic acids is 1. The molecule has 0 saturated carbocycles. The maximum Gasteiger partial charge on any atom is 0.256 e. The van der Waals surface area contributed by atoms with E-state index in [1.165, 1.54) is 0 Å². The van der Waals surface area contributed by atoms with Gasteiger partial charge in [0.15, 0.2) is 0 Å². The molecule has 6 heteroatoms. The standard InChI is InChI=1S/C15H18N4O2/c1-19-14(12-9-16-8-7-13(12)18-19)17-15(20)10-3-5-11(21-2)6-4-10/h3-6,16H,7-9H2,1-2H3,(H,17,20). The summed E-state index contributed by atoms with van der Waals surface area (Å²) in [5, 5.41) is 10.7. The van der Waals surface area contributed by atoms with Crippen LogP contribution in [0.3, 0.4) is 0 Å². The van der Waals surface area contributed by atoms with Crippen LogP contribution in [0.1, 0.15) is 21.6 Å². The minimum atomic E-state index is -0.144. The van der Waals surface area contributed by atoms with Crippen LogP contribution in [0.15, 0.2) is 24.3 Å². The Morgan fingerprint density at radius 2 is 2.14 bits per heavy atom. The van der Waals surface area contributed by atoms with E-state index in [-0.39, 0.29) is 5.91 Å². The smallest absolute Gasteiger partial charge is 0.256 e. The Bertz CT molecular complexity index is 661. The monoisotopic (exact) mass is 286 g/mol. The normalized spacial score (nSPS) is 13.6. The third-order valence-corrected chi connectivity index (χ3v) is 3.65. The van der Waals surface area contributed by atoms with Crippen LogP contribution in [-0.4, -0.2) is 29.3 Å². The van der Waals surface area contributed by atoms with Crippen molar-refractivity contribution in [2.24, 2.45) is 7.05 Å². The molecule has 0 fully saturated rings. The van der Waals surface area contributed by atoms with Crippen LogP contribution in [0.25, 0.3) is 0 Å². The summed E-state index contributed by atoms with van der Waals surface area (Å²) < 4.78 is 6.83. The number of hydrogen-bond acceptors (Lipinski definition) is 4. The van der Waals surface area contributed by atoms with Gasteiger partial charge in [0.25, 0.3) is 5.91 Å². The zero-order chi connectivity index (χ0) is 14.8. The highest BCUT2D eigenvalue weighted by atomic mass is 16.5. The largest absolute Gasteiger partial charge is 0.497 e. The van der Waals surface area contributed by atoms with Gasteiger partial charge in [0.2, 0.25) is 0 Å². The second-order valence-electron chi connectivity index (χ2n) is 5.01. The molecule has 0 atom stereocenters. The molecule has 0 unspecified atom stereocenters. The van der Waals surface area contributed by atoms with E-state index in [1.54, 1.807) is 36.1 Å². The molecule has 1 aromatic heterocycles. The van der Waals surface area contributed by atoms with E-state index in [2.05, 4.69) is 15.7 Å². The third kappa shape index (κ3) is 2.62. The van der Waals surface area contributed by atoms with Gasteiger partial charge in [-0.3, -0.25) is 9.48 Å². The number of hydrogen-bond donors (Lipinski definition) is 2. The van der Waals surface area contributed by atoms with Gasteiger partial charge in [-0.1, -0.05) is 0 Å². The fourth-order valence-electron chi connectivity index (χ4n) is 2.51. The molecule has 2 aromatic rings. The lowest BCUT2D eigenvalue weighted by Crippen LogP contribution is -2.24. The summed E-state index contributed by atoms with van der Waals surface area (Å²) >= 11 is 0. The van der Waals surface area contributed by atoms with Crippen molar-refractivity contribution in [1.29, 1.82) is 0 Å². The Labute approximate surface area is 123 Å². The molecule has 1 aliphatic rings. The molecule has 110 valence electrons. The van der Waals surface area contributed by atoms with E-state index >= 15 is 0 Å². The van der Waals surface area contributed by atoms with Crippen LogP contribution < -0.4 is 15.4 Å². The first-order valence-electron chi connectivity index (χ1n) is 6.90. The molecule has 2 N–H and O–H groups in total. The molecule has 0 saturated heterocycles. The molecule has 0 radical (unpaired) electrons. The van der Waals surface area contributed by atoms with Gasteiger partial charge in [0, 0.05) is 37.7 Å². The predicted octanol–water partition coefficient (Wildman–Crippen LogP) is 1.33. The fraction of sp³-hybridized carbons (Fsp3) is 0.333. The highest BCUT2D eigenvalue weighted by Crippen LogP contribution is 2.23. The quantitative estimate of drug-likeness (QED) is 0.893. The first-order chi connectivity index (χ1) is 10.2. The zero-order valence-electron chi connectivity index (χ0n) is 12.1. The van der Waals surface area contributed by atoms with Crippen molar-refractivity contribution in [3.8, 4) is 5.75 Å². The summed E-state index contributed by atoms with van der Waals surface area (Å²) in [4.78, 5) is 12.3. The number of rotatable bonds is 3. The van der Waals surface area contributed by atoms with Crippen molar-refractivity contribution in [3.05, 3.63) is 41.1 Å². The first kappa shape index (κ1) is 13.6. The molecule has 3 rings (SSSR count). The summed E-state index contributed by atoms with van der Waals surface area (Å²) in [6.45, 7) is 1.66. The Balaban J connectivity index is 1.82. The van der Waals surface area contributed by atoms with E-state index in [0.717, 1.165) is 42.3 Å². The van der Waals surface area contributed by atoms with Gasteiger partial charge >= 0.3 is 0 Å². The third-order valence-electron chi connectivity index (χ3n) is 3.65. The number of nitrogens with one attached hydrogen (secondary N) is 2. The van der Waals surface area contributed by atoms with E-state index in [9.17, 15) is 4.79 Å². The number of ether oxygens (including phenoxy) is 1. The highest BCUT2D eigenvalue weighted by molar-refractivity contribution is 6.04. The van der Waals surface area contributed by atoms with Crippen molar-refractivity contribution < 1.29 is 9.53 Å². The number of aromatic nitrogens is 2. The summed E-state index contributed by atoms with van der Waals surface area (Å²) in [6, 6.07) is 7.04. The lowest BCUT2D eigenvalue weighted by Gasteiger charge is -2.13. The molecule has 0 aliphatic carbocycles. The van der Waals surface area contributed by atoms with Gasteiger partial charge in [0.05, 0.1) is 12.8 Å². The number of carbonyl (C=O) groups is 1. The second-order valence-corrected chi connectivity index (χ2v) is 5.01. The van der Waals surface area contributed by atoms with Crippen molar-refractivity contribution in [1.82, 2.24) is 15.1 Å². The average molecular weight is 286 g/mol. The van der Waals surface area contributed by atoms with Crippen molar-refractivity contribution in [2.45, 2.75) is 13.0 Å². The second kappa shape index (κ2) is 5.57. The molecule has 0 spiro atoms. The van der Waals surface area contributed by atoms with E-state index in [1.807, 2.05) is 7.05 Å². The van der Waals surface area contributed by atoms with Crippen molar-refractivity contribution in [2.75, 3.05) is 19.0 Å². The number of amides is 1. The molecular formula is C15H18N4O2. The molecule has 1 aromatic carbocycles. The van der Waals surface area contributed by atoms with Gasteiger partial charge in [-0.2, -0.15) is 5.10 Å². The summed E-state index contributed by atoms with van der Waals surface area (Å²) in [6.07, 6.45) is 0.890. The number of fused-ring (bicyclic) bond motifs is 1. The highest BCUT2D eigenvalue weighted by Gasteiger charge is 2.20. The summed E-state index contributed by atoms with van der Waals surface area (Å²) in [5.41, 5.74) is 2.72. The number of anilines is 1. The maximum absolute atomic E-state index is 12.3. The number of benzene rings is 1. The fourth-order valence-corrected chi connectivity index (χ4v) is 2.51. The van der Waals surface area contributed by atoms with Crippen molar-refractivity contribution >= 4 is 11.7 Å². The minimum Gasteiger partial charge on any atom is -0.497 e. The van der Waals surface area contributed by atoms with Crippen LogP contribution in [-0.2, 0) is 20.0 Å². The molecule has 21 heavy (non-hydrogen) atoms. The van der Waals surface area contributed by atoms with Crippen LogP contribution in [0.5, 0.6) is 5.75 Å². The lowest BCUT2D eigenvalue weighted by atomic mass is 10.1. The SMILES string of the molecule is COc1ccc(C(=O)Nc2c3c(nn2C)CCNC3)cc1. The number of aryl methyl sites for hydroxylation is 1. The Hall–Kier alpha value is -2.34. The molecule has 1 aliphatic heterocycles. The number of methoxy groups -OCH3 is 1. The van der Waals surface area contributed by atoms with E-state index < -0.39 is 0 Å². The summed E-state index contributed by atoms with van der Waals surface area (Å²) in [7, 11) is 3.45. The van der Waals surface area contributed by atoms with Gasteiger partial charge < -0.3 is 15.4 Å². The van der Waals surface area contributed by atoms with Crippen LogP contribution in [0.2, 0.25) is 0 Å². The Kier molecular flexibility index (Phi) is 3.62. The van der Waals surface area contributed by atoms with Crippen molar-refractivity contribution in [3.63, 3.8) is 0 Å². The van der Waals surface area contributed by atoms with E-state index in [4.69, 9.17) is 4.74 Å². The topological polar surface area (TPSA) is 68.2 Å². The van der Waals surface area contributed by atoms with E-state index in [0.29, 0.717) is 5.56 Å². The van der Waals surface area contributed by atoms with Gasteiger partial charge in [0.1, 0.15) is 11.6 Å². The van der Waals surface area contributed by atoms with Crippen LogP contribution in [0, 0.1) is 0 Å². The number of nitrogens with zero attached hydrogens (tertiary/aromatic N) is 2. The van der Waals surface area contributed by atoms with Gasteiger partial charge in [-0.25, -0.2) is 0 Å². The molecule has 6 nitrogen and oxygen atoms in total. The lowest BCUT2D eigenvalue weighted by molar-refractivity contribution is 0.102. The average Bonchev–Trinajstić information content (AvgIpc) is 2.83. The summed E-state index contributed by atoms with van der Waals surface area (Å²) in [5.74, 6) is 1.35. The zero-order valence-corrected chi connectivity index (χ0v) is 12.1. The first-order valence-corrected chi connectivity index (χ1v) is 6.90. The Morgan fingerprint density at radius 1 is 1.38 bits per heavy atom. The molecule has 0 bridgehead atoms. The molecular weight excluding hydrogens is 268 g/mol. The Morgan fingerprint density at radius 3 is 2.86 bits per heavy atom. The van der Waals surface area contributed by atoms with Gasteiger partial charge in [-0.15, -0.1) is 0 Å². The molecule has 2 heterocycles. The minimum absolute atomic E-state index is 0.144. The maximum atomic E-state index is 12.3.